The third kappa shape index (κ3) is 5.59. The molecule has 2 rings (SSSR count). The zero-order valence-corrected chi connectivity index (χ0v) is 15.2. The van der Waals surface area contributed by atoms with Crippen molar-refractivity contribution in [2.75, 3.05) is 18.4 Å². The Morgan fingerprint density at radius 1 is 1.22 bits per heavy atom. The Bertz CT molecular complexity index is 741. The lowest BCUT2D eigenvalue weighted by atomic mass is 10.1. The Hall–Kier alpha value is -3.30. The predicted molar refractivity (Wildman–Crippen MR) is 95.3 cm³/mol. The minimum absolute atomic E-state index is 0.162. The molecule has 1 aliphatic rings. The first kappa shape index (κ1) is 20.0. The molecule has 0 aromatic heterocycles. The molecule has 1 heterocycles. The lowest BCUT2D eigenvalue weighted by Gasteiger charge is -2.20. The number of imide groups is 1. The number of aliphatic carboxylic acids is 1. The zero-order chi connectivity index (χ0) is 20.2. The largest absolute Gasteiger partial charge is 0.479 e. The van der Waals surface area contributed by atoms with Gasteiger partial charge in [0, 0.05) is 18.8 Å². The summed E-state index contributed by atoms with van der Waals surface area (Å²) in [6.45, 7) is 5.67. The normalized spacial score (nSPS) is 14.9. The number of carbonyl (C=O) groups is 4. The summed E-state index contributed by atoms with van der Waals surface area (Å²) in [6.07, 6.45) is -0.640. The molecular weight excluding hydrogens is 356 g/mol. The molecule has 5 amide bonds. The maximum atomic E-state index is 12.1. The number of carboxylic acids is 1. The number of benzene rings is 1. The number of rotatable bonds is 4. The van der Waals surface area contributed by atoms with Gasteiger partial charge in [0.2, 0.25) is 0 Å². The van der Waals surface area contributed by atoms with E-state index >= 15 is 0 Å². The van der Waals surface area contributed by atoms with E-state index < -0.39 is 35.8 Å². The van der Waals surface area contributed by atoms with Crippen LogP contribution in [-0.4, -0.2) is 52.8 Å². The number of anilines is 1. The molecule has 0 radical (unpaired) electrons. The SMILES string of the molecule is CC(C)(C)OC(=O)Nc1ccc([C@@H](NC(=O)N2CCNC2=O)C(=O)O)cc1. The van der Waals surface area contributed by atoms with Crippen molar-refractivity contribution in [1.82, 2.24) is 15.5 Å². The molecule has 146 valence electrons. The molecule has 0 saturated carbocycles. The highest BCUT2D eigenvalue weighted by Gasteiger charge is 2.30. The first-order valence-corrected chi connectivity index (χ1v) is 8.25. The van der Waals surface area contributed by atoms with Gasteiger partial charge in [-0.3, -0.25) is 5.32 Å². The van der Waals surface area contributed by atoms with E-state index in [0.29, 0.717) is 12.2 Å². The van der Waals surface area contributed by atoms with Gasteiger partial charge in [0.25, 0.3) is 0 Å². The Morgan fingerprint density at radius 3 is 2.33 bits per heavy atom. The predicted octanol–water partition coefficient (Wildman–Crippen LogP) is 1.89. The summed E-state index contributed by atoms with van der Waals surface area (Å²) in [6, 6.07) is 3.17. The monoisotopic (exact) mass is 378 g/mol. The summed E-state index contributed by atoms with van der Waals surface area (Å²) in [5.74, 6) is -1.28. The van der Waals surface area contributed by atoms with Crippen molar-refractivity contribution in [3.63, 3.8) is 0 Å². The fourth-order valence-electron chi connectivity index (χ4n) is 2.33. The fourth-order valence-corrected chi connectivity index (χ4v) is 2.33. The van der Waals surface area contributed by atoms with Crippen LogP contribution in [0.5, 0.6) is 0 Å². The van der Waals surface area contributed by atoms with E-state index in [1.807, 2.05) is 0 Å². The quantitative estimate of drug-likeness (QED) is 0.631. The number of carbonyl (C=O) groups excluding carboxylic acids is 3. The average molecular weight is 378 g/mol. The summed E-state index contributed by atoms with van der Waals surface area (Å²) in [4.78, 5) is 47.8. The van der Waals surface area contributed by atoms with Crippen molar-refractivity contribution in [3.05, 3.63) is 29.8 Å². The Kier molecular flexibility index (Phi) is 5.88. The maximum absolute atomic E-state index is 12.1. The lowest BCUT2D eigenvalue weighted by molar-refractivity contribution is -0.139. The lowest BCUT2D eigenvalue weighted by Crippen LogP contribution is -2.45. The zero-order valence-electron chi connectivity index (χ0n) is 15.2. The number of amides is 5. The third-order valence-corrected chi connectivity index (χ3v) is 3.51. The van der Waals surface area contributed by atoms with Gasteiger partial charge in [-0.15, -0.1) is 0 Å². The average Bonchev–Trinajstić information content (AvgIpc) is 2.97. The Morgan fingerprint density at radius 2 is 1.85 bits per heavy atom. The summed E-state index contributed by atoms with van der Waals surface area (Å²) >= 11 is 0. The van der Waals surface area contributed by atoms with Crippen LogP contribution in [0.2, 0.25) is 0 Å². The molecule has 1 aromatic carbocycles. The number of ether oxygens (including phenoxy) is 1. The minimum atomic E-state index is -1.35. The molecular formula is C17H22N4O6. The molecule has 1 atom stereocenters. The van der Waals surface area contributed by atoms with Crippen LogP contribution in [0.3, 0.4) is 0 Å². The van der Waals surface area contributed by atoms with E-state index in [9.17, 15) is 24.3 Å². The molecule has 4 N–H and O–H groups in total. The van der Waals surface area contributed by atoms with Crippen molar-refractivity contribution in [2.45, 2.75) is 32.4 Å². The van der Waals surface area contributed by atoms with Gasteiger partial charge < -0.3 is 20.5 Å². The first-order chi connectivity index (χ1) is 12.6. The van der Waals surface area contributed by atoms with Crippen LogP contribution >= 0.6 is 0 Å². The standard InChI is InChI=1S/C17H22N4O6/c1-17(2,3)27-16(26)19-11-6-4-10(5-7-11)12(13(22)23)20-15(25)21-9-8-18-14(21)24/h4-7,12H,8-9H2,1-3H3,(H,18,24)(H,19,26)(H,20,25)(H,22,23)/t12-/m1/s1. The topological polar surface area (TPSA) is 137 Å². The summed E-state index contributed by atoms with van der Waals surface area (Å²) in [5.41, 5.74) is 0.0393. The maximum Gasteiger partial charge on any atom is 0.412 e. The van der Waals surface area contributed by atoms with Crippen LogP contribution < -0.4 is 16.0 Å². The number of hydrogen-bond donors (Lipinski definition) is 4. The van der Waals surface area contributed by atoms with Gasteiger partial charge in [-0.1, -0.05) is 12.1 Å². The smallest absolute Gasteiger partial charge is 0.412 e. The van der Waals surface area contributed by atoms with Crippen LogP contribution in [0.15, 0.2) is 24.3 Å². The van der Waals surface area contributed by atoms with Crippen LogP contribution in [0.25, 0.3) is 0 Å². The second kappa shape index (κ2) is 7.94. The van der Waals surface area contributed by atoms with Crippen molar-refractivity contribution in [2.24, 2.45) is 0 Å². The van der Waals surface area contributed by atoms with E-state index in [4.69, 9.17) is 4.74 Å². The fraction of sp³-hybridized carbons (Fsp3) is 0.412. The Balaban J connectivity index is 2.05. The summed E-state index contributed by atoms with van der Waals surface area (Å²) in [7, 11) is 0. The van der Waals surface area contributed by atoms with Gasteiger partial charge in [0.05, 0.1) is 0 Å². The molecule has 10 nitrogen and oxygen atoms in total. The number of carboxylic acid groups (broad SMARTS) is 1. The molecule has 0 spiro atoms. The van der Waals surface area contributed by atoms with Gasteiger partial charge in [-0.2, -0.15) is 0 Å². The molecule has 10 heteroatoms. The van der Waals surface area contributed by atoms with Crippen molar-refractivity contribution in [1.29, 1.82) is 0 Å². The van der Waals surface area contributed by atoms with Crippen LogP contribution in [-0.2, 0) is 9.53 Å². The summed E-state index contributed by atoms with van der Waals surface area (Å²) < 4.78 is 5.13. The molecule has 0 bridgehead atoms. The number of hydrogen-bond acceptors (Lipinski definition) is 5. The highest BCUT2D eigenvalue weighted by Crippen LogP contribution is 2.18. The van der Waals surface area contributed by atoms with Gasteiger partial charge in [0.15, 0.2) is 6.04 Å². The van der Waals surface area contributed by atoms with E-state index in [1.165, 1.54) is 24.3 Å². The molecule has 0 aliphatic carbocycles. The molecule has 1 aromatic rings. The van der Waals surface area contributed by atoms with E-state index in [-0.39, 0.29) is 12.1 Å². The summed E-state index contributed by atoms with van der Waals surface area (Å²) in [5, 5.41) is 16.7. The van der Waals surface area contributed by atoms with E-state index in [2.05, 4.69) is 16.0 Å². The van der Waals surface area contributed by atoms with Gasteiger partial charge in [0.1, 0.15) is 5.60 Å². The van der Waals surface area contributed by atoms with E-state index in [1.54, 1.807) is 20.8 Å². The second-order valence-electron chi connectivity index (χ2n) is 6.85. The van der Waals surface area contributed by atoms with Gasteiger partial charge in [-0.05, 0) is 38.5 Å². The van der Waals surface area contributed by atoms with E-state index in [0.717, 1.165) is 4.90 Å². The highest BCUT2D eigenvalue weighted by molar-refractivity contribution is 5.96. The second-order valence-corrected chi connectivity index (χ2v) is 6.85. The van der Waals surface area contributed by atoms with Crippen molar-refractivity contribution < 1.29 is 29.0 Å². The van der Waals surface area contributed by atoms with Crippen LogP contribution in [0, 0.1) is 0 Å². The third-order valence-electron chi connectivity index (χ3n) is 3.51. The van der Waals surface area contributed by atoms with Gasteiger partial charge >= 0.3 is 24.1 Å². The number of urea groups is 2. The minimum Gasteiger partial charge on any atom is -0.479 e. The Labute approximate surface area is 155 Å². The van der Waals surface area contributed by atoms with Crippen molar-refractivity contribution >= 4 is 29.8 Å². The number of nitrogens with one attached hydrogen (secondary N) is 3. The van der Waals surface area contributed by atoms with Gasteiger partial charge in [-0.25, -0.2) is 24.1 Å². The molecule has 27 heavy (non-hydrogen) atoms. The molecule has 0 unspecified atom stereocenters. The molecule has 1 aliphatic heterocycles. The molecule has 1 saturated heterocycles. The van der Waals surface area contributed by atoms with Crippen LogP contribution in [0.1, 0.15) is 32.4 Å². The van der Waals surface area contributed by atoms with Crippen molar-refractivity contribution in [3.8, 4) is 0 Å². The van der Waals surface area contributed by atoms with Crippen LogP contribution in [0.4, 0.5) is 20.1 Å². The molecule has 1 fully saturated rings. The highest BCUT2D eigenvalue weighted by atomic mass is 16.6. The first-order valence-electron chi connectivity index (χ1n) is 8.25. The number of nitrogens with zero attached hydrogens (tertiary/aromatic N) is 1.